The summed E-state index contributed by atoms with van der Waals surface area (Å²) in [6.45, 7) is 0. The maximum Gasteiger partial charge on any atom is -0.870 e. The minimum Gasteiger partial charge on any atom is -0.870 e. The molecule has 0 fully saturated rings. The Hall–Kier alpha value is 0.729. The summed E-state index contributed by atoms with van der Waals surface area (Å²) in [5, 5.41) is 0. The molecular weight excluding hydrogens is 129 g/mol. The van der Waals surface area contributed by atoms with Crippen LogP contribution in [0.15, 0.2) is 0 Å². The molecule has 0 aliphatic heterocycles. The van der Waals surface area contributed by atoms with Crippen LogP contribution in [-0.4, -0.2) is 5.48 Å². The van der Waals surface area contributed by atoms with E-state index in [1.807, 2.05) is 0 Å². The second-order valence-corrected chi connectivity index (χ2v) is 0. The first-order valence-electron chi connectivity index (χ1n) is 0.114. The Bertz CT molecular complexity index is 8.00. The summed E-state index contributed by atoms with van der Waals surface area (Å²) >= 11 is 3.66. The molecule has 33 valence electrons. The van der Waals surface area contributed by atoms with Gasteiger partial charge >= 0.3 is 25.2 Å². The average molecular weight is 133 g/mol. The van der Waals surface area contributed by atoms with E-state index in [0.717, 1.165) is 0 Å². The third kappa shape index (κ3) is 15.3. The molecule has 0 spiro atoms. The normalized spacial score (nSPS) is 1.75. The first kappa shape index (κ1) is 22.0. The van der Waals surface area contributed by atoms with E-state index in [0.29, 0.717) is 0 Å². The third-order valence-corrected chi connectivity index (χ3v) is 0. The second kappa shape index (κ2) is 52.2. The van der Waals surface area contributed by atoms with Gasteiger partial charge in [-0.2, -0.15) is 0 Å². The molecule has 0 aromatic rings. The van der Waals surface area contributed by atoms with Crippen molar-refractivity contribution in [1.82, 2.24) is 6.15 Å². The Balaban J connectivity index is -0.00000000500. The fourth-order valence-corrected chi connectivity index (χ4v) is 0. The SMILES string of the molecule is N.[Cl][Cu+].[OH-]. The van der Waals surface area contributed by atoms with Crippen LogP contribution in [0.1, 0.15) is 0 Å². The minimum atomic E-state index is 0. The van der Waals surface area contributed by atoms with Crippen molar-refractivity contribution >= 4 is 10.1 Å². The van der Waals surface area contributed by atoms with Gasteiger partial charge in [0.2, 0.25) is 0 Å². The summed E-state index contributed by atoms with van der Waals surface area (Å²) in [5.41, 5.74) is 0. The summed E-state index contributed by atoms with van der Waals surface area (Å²) in [4.78, 5) is 0. The molecule has 4 heavy (non-hydrogen) atoms. The van der Waals surface area contributed by atoms with E-state index in [9.17, 15) is 0 Å². The molecule has 0 bridgehead atoms. The Kier molecular flexibility index (Phi) is 287. The van der Waals surface area contributed by atoms with Gasteiger partial charge in [-0.25, -0.2) is 0 Å². The van der Waals surface area contributed by atoms with Crippen molar-refractivity contribution in [2.24, 2.45) is 0 Å². The van der Waals surface area contributed by atoms with E-state index in [4.69, 9.17) is 0 Å². The molecule has 0 heterocycles. The largest absolute Gasteiger partial charge is 0.870 e. The molecule has 4 N–H and O–H groups in total. The van der Waals surface area contributed by atoms with Crippen molar-refractivity contribution in [3.63, 3.8) is 0 Å². The van der Waals surface area contributed by atoms with Crippen molar-refractivity contribution in [2.45, 2.75) is 0 Å². The molecule has 0 aliphatic carbocycles. The summed E-state index contributed by atoms with van der Waals surface area (Å²) in [6.07, 6.45) is 0. The molecule has 0 aliphatic rings. The molecule has 0 amide bonds. The molecule has 0 saturated heterocycles. The summed E-state index contributed by atoms with van der Waals surface area (Å²) in [6, 6.07) is 0. The van der Waals surface area contributed by atoms with E-state index in [-0.39, 0.29) is 11.6 Å². The van der Waals surface area contributed by atoms with Gasteiger partial charge < -0.3 is 11.6 Å². The quantitative estimate of drug-likeness (QED) is 0.493. The van der Waals surface area contributed by atoms with Gasteiger partial charge in [0.1, 0.15) is 0 Å². The van der Waals surface area contributed by atoms with Crippen LogP contribution in [0, 0.1) is 0 Å². The van der Waals surface area contributed by atoms with Crippen molar-refractivity contribution < 1.29 is 20.6 Å². The zero-order valence-electron chi connectivity index (χ0n) is 1.83. The van der Waals surface area contributed by atoms with Crippen LogP contribution >= 0.6 is 10.1 Å². The van der Waals surface area contributed by atoms with Crippen molar-refractivity contribution in [3.8, 4) is 0 Å². The zero-order valence-corrected chi connectivity index (χ0v) is 3.53. The second-order valence-electron chi connectivity index (χ2n) is 0. The van der Waals surface area contributed by atoms with Crippen LogP contribution in [0.5, 0.6) is 0 Å². The number of hydrogen-bond donors (Lipinski definition) is 1. The minimum absolute atomic E-state index is 0. The van der Waals surface area contributed by atoms with Gasteiger partial charge in [-0.1, -0.05) is 0 Å². The standard InChI is InChI=1S/ClH.Cu.H3N.H2O/h1H;;1H3;1H2/q;+2;;/p-2. The molecule has 0 aromatic heterocycles. The van der Waals surface area contributed by atoms with Gasteiger partial charge in [-0.05, 0) is 0 Å². The van der Waals surface area contributed by atoms with Crippen LogP contribution in [0.3, 0.4) is 0 Å². The van der Waals surface area contributed by atoms with E-state index in [2.05, 4.69) is 25.2 Å². The van der Waals surface area contributed by atoms with Crippen molar-refractivity contribution in [3.05, 3.63) is 0 Å². The molecule has 0 unspecified atom stereocenters. The monoisotopic (exact) mass is 132 g/mol. The van der Waals surface area contributed by atoms with Gasteiger partial charge in [-0.3, -0.25) is 0 Å². The average Bonchev–Trinajstić information content (AvgIpc) is 1.00. The smallest absolute Gasteiger partial charge is 0.870 e. The van der Waals surface area contributed by atoms with Crippen LogP contribution < -0.4 is 6.15 Å². The number of hydrogen-bond acceptors (Lipinski definition) is 2. The fraction of sp³-hybridized carbons (Fsp3) is 0. The molecule has 0 rings (SSSR count). The Labute approximate surface area is 37.5 Å². The first-order valence-corrected chi connectivity index (χ1v) is 1.41. The van der Waals surface area contributed by atoms with Gasteiger partial charge in [-0.15, -0.1) is 0 Å². The predicted octanol–water partition coefficient (Wildman–Crippen LogP) is 0.672. The molecule has 4 heteroatoms. The van der Waals surface area contributed by atoms with E-state index in [1.54, 1.807) is 0 Å². The molecular formula is H4ClCuNO. The molecule has 2 nitrogen and oxygen atoms in total. The van der Waals surface area contributed by atoms with Gasteiger partial charge in [0.25, 0.3) is 0 Å². The summed E-state index contributed by atoms with van der Waals surface area (Å²) in [5.74, 6) is 0. The van der Waals surface area contributed by atoms with Crippen LogP contribution in [0.4, 0.5) is 0 Å². The molecule has 0 atom stereocenters. The topological polar surface area (TPSA) is 65.0 Å². The summed E-state index contributed by atoms with van der Waals surface area (Å²) in [7, 11) is 4.20. The van der Waals surface area contributed by atoms with Crippen LogP contribution in [0.2, 0.25) is 0 Å². The Morgan fingerprint density at radius 1 is 1.25 bits per heavy atom. The van der Waals surface area contributed by atoms with Gasteiger partial charge in [0.05, 0.1) is 0 Å². The third-order valence-electron chi connectivity index (χ3n) is 0. The van der Waals surface area contributed by atoms with Gasteiger partial charge in [0.15, 0.2) is 0 Å². The van der Waals surface area contributed by atoms with E-state index < -0.39 is 0 Å². The predicted molar refractivity (Wildman–Crippen MR) is 12.8 cm³/mol. The Morgan fingerprint density at radius 2 is 1.25 bits per heavy atom. The van der Waals surface area contributed by atoms with E-state index >= 15 is 0 Å². The first-order chi connectivity index (χ1) is 1.00. The maximum absolute atomic E-state index is 4.20. The zero-order chi connectivity index (χ0) is 2.00. The van der Waals surface area contributed by atoms with Crippen LogP contribution in [-0.2, 0) is 15.1 Å². The molecule has 0 saturated carbocycles. The van der Waals surface area contributed by atoms with Crippen LogP contribution in [0.25, 0.3) is 0 Å². The van der Waals surface area contributed by atoms with Crippen molar-refractivity contribution in [2.75, 3.05) is 0 Å². The van der Waals surface area contributed by atoms with E-state index in [1.165, 1.54) is 0 Å². The van der Waals surface area contributed by atoms with Gasteiger partial charge in [0, 0.05) is 0 Å². The summed E-state index contributed by atoms with van der Waals surface area (Å²) < 4.78 is 0. The Morgan fingerprint density at radius 3 is 1.25 bits per heavy atom. The molecule has 0 aromatic carbocycles. The fourth-order valence-electron chi connectivity index (χ4n) is 0. The number of rotatable bonds is 0. The number of halogens is 1. The molecule has 0 radical (unpaired) electrons. The maximum atomic E-state index is 4.20. The van der Waals surface area contributed by atoms with Crippen molar-refractivity contribution in [1.29, 1.82) is 0 Å².